The van der Waals surface area contributed by atoms with Crippen LogP contribution in [0.15, 0.2) is 0 Å². The van der Waals surface area contributed by atoms with Crippen LogP contribution in [-0.4, -0.2) is 67.2 Å². The zero-order chi connectivity index (χ0) is 18.1. The lowest BCUT2D eigenvalue weighted by Crippen LogP contribution is -2.60. The van der Waals surface area contributed by atoms with Crippen LogP contribution >= 0.6 is 0 Å². The summed E-state index contributed by atoms with van der Waals surface area (Å²) in [5, 5.41) is 9.45. The number of hydrogen-bond donors (Lipinski definition) is 1. The predicted octanol–water partition coefficient (Wildman–Crippen LogP) is 1.69. The van der Waals surface area contributed by atoms with E-state index in [9.17, 15) is 9.90 Å². The van der Waals surface area contributed by atoms with E-state index in [1.54, 1.807) is 0 Å². The molecule has 1 N–H and O–H groups in total. The van der Waals surface area contributed by atoms with Crippen LogP contribution in [0.2, 0.25) is 0 Å². The number of aliphatic hydroxyl groups is 1. The quantitative estimate of drug-likeness (QED) is 0.754. The number of carbonyl (C=O) groups is 1. The first-order chi connectivity index (χ1) is 12.6. The first-order valence-corrected chi connectivity index (χ1v) is 9.98. The Bertz CT molecular complexity index is 504. The fourth-order valence-corrected chi connectivity index (χ4v) is 4.93. The van der Waals surface area contributed by atoms with Gasteiger partial charge in [-0.1, -0.05) is 6.42 Å². The maximum absolute atomic E-state index is 11.6. The highest BCUT2D eigenvalue weighted by molar-refractivity contribution is 5.69. The van der Waals surface area contributed by atoms with Crippen molar-refractivity contribution >= 4 is 5.97 Å². The van der Waals surface area contributed by atoms with E-state index in [1.165, 1.54) is 13.5 Å². The van der Waals surface area contributed by atoms with Crippen LogP contribution < -0.4 is 0 Å². The van der Waals surface area contributed by atoms with Crippen molar-refractivity contribution in [2.75, 3.05) is 13.7 Å². The van der Waals surface area contributed by atoms with Gasteiger partial charge in [0.05, 0.1) is 31.8 Å². The van der Waals surface area contributed by atoms with Gasteiger partial charge in [0.2, 0.25) is 0 Å². The molecule has 3 heterocycles. The van der Waals surface area contributed by atoms with Crippen molar-refractivity contribution in [2.24, 2.45) is 0 Å². The van der Waals surface area contributed by atoms with Gasteiger partial charge in [0.25, 0.3) is 0 Å². The van der Waals surface area contributed by atoms with Crippen LogP contribution in [0, 0.1) is 0 Å². The Kier molecular flexibility index (Phi) is 5.53. The zero-order valence-corrected chi connectivity index (χ0v) is 15.4. The van der Waals surface area contributed by atoms with Gasteiger partial charge in [-0.15, -0.1) is 0 Å². The Morgan fingerprint density at radius 2 is 1.85 bits per heavy atom. The van der Waals surface area contributed by atoms with E-state index in [0.29, 0.717) is 6.42 Å². The summed E-state index contributed by atoms with van der Waals surface area (Å²) in [6.07, 6.45) is 6.48. The molecule has 7 heteroatoms. The van der Waals surface area contributed by atoms with E-state index in [1.807, 2.05) is 0 Å². The number of esters is 1. The molecule has 4 aliphatic rings. The van der Waals surface area contributed by atoms with Crippen LogP contribution in [-0.2, 0) is 28.5 Å². The van der Waals surface area contributed by atoms with Crippen molar-refractivity contribution in [1.29, 1.82) is 0 Å². The topological polar surface area (TPSA) is 83.5 Å². The number of hydrogen-bond acceptors (Lipinski definition) is 7. The van der Waals surface area contributed by atoms with Gasteiger partial charge in [0.15, 0.2) is 5.79 Å². The summed E-state index contributed by atoms with van der Waals surface area (Å²) in [4.78, 5) is 11.6. The highest BCUT2D eigenvalue weighted by Crippen LogP contribution is 2.47. The largest absolute Gasteiger partial charge is 0.469 e. The maximum Gasteiger partial charge on any atom is 0.308 e. The Morgan fingerprint density at radius 3 is 2.58 bits per heavy atom. The summed E-state index contributed by atoms with van der Waals surface area (Å²) in [7, 11) is 1.40. The van der Waals surface area contributed by atoms with Crippen molar-refractivity contribution in [3.05, 3.63) is 0 Å². The van der Waals surface area contributed by atoms with Crippen molar-refractivity contribution in [3.8, 4) is 0 Å². The molecule has 1 aliphatic carbocycles. The molecule has 3 saturated heterocycles. The first-order valence-electron chi connectivity index (χ1n) is 9.98. The van der Waals surface area contributed by atoms with Gasteiger partial charge in [-0.05, 0) is 32.1 Å². The lowest BCUT2D eigenvalue weighted by atomic mass is 9.88. The van der Waals surface area contributed by atoms with E-state index < -0.39 is 5.79 Å². The normalized spacial score (nSPS) is 41.5. The van der Waals surface area contributed by atoms with Crippen LogP contribution in [0.25, 0.3) is 0 Å². The van der Waals surface area contributed by atoms with Crippen molar-refractivity contribution in [1.82, 2.24) is 0 Å². The third-order valence-corrected chi connectivity index (χ3v) is 6.21. The van der Waals surface area contributed by atoms with Gasteiger partial charge in [0.1, 0.15) is 18.3 Å². The molecule has 7 nitrogen and oxygen atoms in total. The Balaban J connectivity index is 1.51. The minimum Gasteiger partial charge on any atom is -0.469 e. The molecule has 1 spiro atoms. The minimum atomic E-state index is -0.530. The Hall–Kier alpha value is -0.730. The first kappa shape index (κ1) is 18.6. The van der Waals surface area contributed by atoms with Crippen LogP contribution in [0.4, 0.5) is 0 Å². The standard InChI is InChI=1S/C19H30O7/c1-22-15(21)11-12-5-6-13-16(23-12)18-17(14(24-13)7-10-20)25-19(26-18)8-3-2-4-9-19/h12-14,16-18,20H,2-11H2,1H3/t12-,13+,14+,16+,17-,18?/m1/s1. The number of methoxy groups -OCH3 is 1. The maximum atomic E-state index is 11.6. The molecule has 4 rings (SSSR count). The number of carbonyl (C=O) groups excluding carboxylic acids is 1. The molecule has 0 radical (unpaired) electrons. The summed E-state index contributed by atoms with van der Waals surface area (Å²) >= 11 is 0. The highest BCUT2D eigenvalue weighted by atomic mass is 16.8. The molecule has 0 aromatic rings. The van der Waals surface area contributed by atoms with Gasteiger partial charge in [-0.2, -0.15) is 0 Å². The van der Waals surface area contributed by atoms with Gasteiger partial charge in [-0.25, -0.2) is 0 Å². The molecule has 6 atom stereocenters. The van der Waals surface area contributed by atoms with Gasteiger partial charge in [0, 0.05) is 19.4 Å². The summed E-state index contributed by atoms with van der Waals surface area (Å²) in [6, 6.07) is 0. The Morgan fingerprint density at radius 1 is 1.08 bits per heavy atom. The SMILES string of the molecule is COC(=O)C[C@H]1CC[C@@H]2O[C@@H](CCO)[C@H]3OC4(CCCCC4)OC3[C@H]2O1. The van der Waals surface area contributed by atoms with Crippen LogP contribution in [0.3, 0.4) is 0 Å². The van der Waals surface area contributed by atoms with E-state index in [2.05, 4.69) is 0 Å². The Labute approximate surface area is 154 Å². The summed E-state index contributed by atoms with van der Waals surface area (Å²) < 4.78 is 30.2. The number of aliphatic hydroxyl groups excluding tert-OH is 1. The summed E-state index contributed by atoms with van der Waals surface area (Å²) in [6.45, 7) is 0.0630. The third-order valence-electron chi connectivity index (χ3n) is 6.21. The zero-order valence-electron chi connectivity index (χ0n) is 15.4. The van der Waals surface area contributed by atoms with E-state index in [4.69, 9.17) is 23.7 Å². The highest BCUT2D eigenvalue weighted by Gasteiger charge is 2.59. The van der Waals surface area contributed by atoms with Crippen molar-refractivity contribution in [3.63, 3.8) is 0 Å². The van der Waals surface area contributed by atoms with E-state index in [-0.39, 0.29) is 55.6 Å². The van der Waals surface area contributed by atoms with Gasteiger partial charge < -0.3 is 28.8 Å². The lowest BCUT2D eigenvalue weighted by Gasteiger charge is -2.46. The molecule has 148 valence electrons. The second-order valence-electron chi connectivity index (χ2n) is 7.94. The summed E-state index contributed by atoms with van der Waals surface area (Å²) in [5.41, 5.74) is 0. The molecule has 1 unspecified atom stereocenters. The average Bonchev–Trinajstić information content (AvgIpc) is 3.02. The van der Waals surface area contributed by atoms with Crippen molar-refractivity contribution in [2.45, 2.75) is 100 Å². The van der Waals surface area contributed by atoms with E-state index >= 15 is 0 Å². The average molecular weight is 370 g/mol. The minimum absolute atomic E-state index is 0.0630. The number of ether oxygens (including phenoxy) is 5. The van der Waals surface area contributed by atoms with Crippen molar-refractivity contribution < 1.29 is 33.6 Å². The molecule has 4 fully saturated rings. The molecule has 1 saturated carbocycles. The second-order valence-corrected chi connectivity index (χ2v) is 7.94. The van der Waals surface area contributed by atoms with Crippen LogP contribution in [0.1, 0.15) is 57.8 Å². The number of fused-ring (bicyclic) bond motifs is 3. The molecular weight excluding hydrogens is 340 g/mol. The third kappa shape index (κ3) is 3.52. The predicted molar refractivity (Wildman–Crippen MR) is 90.5 cm³/mol. The fraction of sp³-hybridized carbons (Fsp3) is 0.947. The monoisotopic (exact) mass is 370 g/mol. The molecule has 0 bridgehead atoms. The molecular formula is C19H30O7. The molecule has 3 aliphatic heterocycles. The fourth-order valence-electron chi connectivity index (χ4n) is 4.93. The summed E-state index contributed by atoms with van der Waals surface area (Å²) in [5.74, 6) is -0.787. The number of rotatable bonds is 4. The molecule has 0 aromatic carbocycles. The molecule has 0 aromatic heterocycles. The second kappa shape index (κ2) is 7.72. The molecule has 26 heavy (non-hydrogen) atoms. The van der Waals surface area contributed by atoms with Gasteiger partial charge in [-0.3, -0.25) is 4.79 Å². The van der Waals surface area contributed by atoms with Gasteiger partial charge >= 0.3 is 5.97 Å². The lowest BCUT2D eigenvalue weighted by molar-refractivity contribution is -0.242. The smallest absolute Gasteiger partial charge is 0.308 e. The van der Waals surface area contributed by atoms with Crippen LogP contribution in [0.5, 0.6) is 0 Å². The van der Waals surface area contributed by atoms with E-state index in [0.717, 1.165) is 38.5 Å². The molecule has 0 amide bonds.